The molecule has 0 amide bonds. The van der Waals surface area contributed by atoms with Gasteiger partial charge >= 0.3 is 0 Å². The van der Waals surface area contributed by atoms with Crippen LogP contribution in [-0.2, 0) is 27.4 Å². The molecule has 1 aliphatic heterocycles. The van der Waals surface area contributed by atoms with Crippen molar-refractivity contribution in [2.45, 2.75) is 43.9 Å². The molecule has 1 aliphatic rings. The Labute approximate surface area is 152 Å². The lowest BCUT2D eigenvalue weighted by atomic mass is 10.1. The molecule has 0 radical (unpaired) electrons. The summed E-state index contributed by atoms with van der Waals surface area (Å²) in [7, 11) is 0. The molecule has 6 nitrogen and oxygen atoms in total. The lowest BCUT2D eigenvalue weighted by Crippen LogP contribution is -2.43. The molecule has 26 heavy (non-hydrogen) atoms. The van der Waals surface area contributed by atoms with Crippen LogP contribution in [0, 0.1) is 0 Å². The molecule has 0 unspecified atom stereocenters. The van der Waals surface area contributed by atoms with Crippen LogP contribution >= 0.6 is 0 Å². The van der Waals surface area contributed by atoms with Crippen LogP contribution in [0.1, 0.15) is 11.1 Å². The van der Waals surface area contributed by atoms with Crippen molar-refractivity contribution in [3.63, 3.8) is 0 Å². The Hall–Kier alpha value is -1.80. The SMILES string of the molecule is OC[C@H](O)[C@H]1O[C@H](O)[C@@H](OCc2ccccc2)[C@@H]1OCc1ccccc1. The van der Waals surface area contributed by atoms with Gasteiger partial charge in [-0.25, -0.2) is 0 Å². The lowest BCUT2D eigenvalue weighted by molar-refractivity contribution is -0.160. The number of rotatable bonds is 8. The van der Waals surface area contributed by atoms with Gasteiger partial charge in [0.1, 0.15) is 24.4 Å². The summed E-state index contributed by atoms with van der Waals surface area (Å²) < 4.78 is 17.2. The van der Waals surface area contributed by atoms with Crippen LogP contribution in [0.25, 0.3) is 0 Å². The van der Waals surface area contributed by atoms with E-state index in [1.165, 1.54) is 0 Å². The maximum atomic E-state index is 10.2. The third-order valence-electron chi connectivity index (χ3n) is 4.36. The highest BCUT2D eigenvalue weighted by Crippen LogP contribution is 2.29. The zero-order valence-electron chi connectivity index (χ0n) is 14.3. The van der Waals surface area contributed by atoms with Gasteiger partial charge in [0.2, 0.25) is 0 Å². The topological polar surface area (TPSA) is 88.4 Å². The van der Waals surface area contributed by atoms with E-state index in [0.29, 0.717) is 0 Å². The number of benzene rings is 2. The third-order valence-corrected chi connectivity index (χ3v) is 4.36. The molecule has 0 aliphatic carbocycles. The fourth-order valence-corrected chi connectivity index (χ4v) is 2.98. The molecule has 2 aromatic carbocycles. The minimum Gasteiger partial charge on any atom is -0.394 e. The van der Waals surface area contributed by atoms with Crippen molar-refractivity contribution in [1.82, 2.24) is 0 Å². The number of aliphatic hydroxyl groups is 3. The van der Waals surface area contributed by atoms with Gasteiger partial charge in [-0.3, -0.25) is 0 Å². The highest BCUT2D eigenvalue weighted by atomic mass is 16.7. The minimum absolute atomic E-state index is 0.277. The number of hydrogen-bond acceptors (Lipinski definition) is 6. The maximum Gasteiger partial charge on any atom is 0.184 e. The molecule has 6 heteroatoms. The average Bonchev–Trinajstić information content (AvgIpc) is 3.01. The second-order valence-electron chi connectivity index (χ2n) is 6.26. The molecule has 3 rings (SSSR count). The van der Waals surface area contributed by atoms with E-state index in [9.17, 15) is 15.3 Å². The van der Waals surface area contributed by atoms with E-state index in [1.807, 2.05) is 60.7 Å². The summed E-state index contributed by atoms with van der Waals surface area (Å²) in [5.41, 5.74) is 1.90. The smallest absolute Gasteiger partial charge is 0.184 e. The molecular formula is C20H24O6. The van der Waals surface area contributed by atoms with Gasteiger partial charge in [-0.2, -0.15) is 0 Å². The summed E-state index contributed by atoms with van der Waals surface area (Å²) in [5, 5.41) is 29.5. The standard InChI is InChI=1S/C20H24O6/c21-11-16(22)17-18(24-12-14-7-3-1-4-8-14)19(20(23)26-17)25-13-15-9-5-2-6-10-15/h1-10,16-23H,11-13H2/t16-,17+,18+,19-,20-/m0/s1. The Morgan fingerprint density at radius 3 is 1.85 bits per heavy atom. The highest BCUT2D eigenvalue weighted by Gasteiger charge is 2.48. The summed E-state index contributed by atoms with van der Waals surface area (Å²) in [4.78, 5) is 0. The first-order valence-electron chi connectivity index (χ1n) is 8.62. The molecule has 1 heterocycles. The van der Waals surface area contributed by atoms with Gasteiger partial charge in [-0.05, 0) is 11.1 Å². The molecule has 1 saturated heterocycles. The first-order chi connectivity index (χ1) is 12.7. The molecule has 3 N–H and O–H groups in total. The van der Waals surface area contributed by atoms with Crippen molar-refractivity contribution >= 4 is 0 Å². The van der Waals surface area contributed by atoms with E-state index in [4.69, 9.17) is 14.2 Å². The first-order valence-corrected chi connectivity index (χ1v) is 8.62. The number of hydrogen-bond donors (Lipinski definition) is 3. The third kappa shape index (κ3) is 4.67. The van der Waals surface area contributed by atoms with Crippen molar-refractivity contribution in [2.75, 3.05) is 6.61 Å². The van der Waals surface area contributed by atoms with E-state index in [2.05, 4.69) is 0 Å². The van der Waals surface area contributed by atoms with Crippen LogP contribution < -0.4 is 0 Å². The Morgan fingerprint density at radius 1 is 0.846 bits per heavy atom. The quantitative estimate of drug-likeness (QED) is 0.656. The molecule has 0 bridgehead atoms. The summed E-state index contributed by atoms with van der Waals surface area (Å²) in [6.07, 6.45) is -4.78. The van der Waals surface area contributed by atoms with Crippen molar-refractivity contribution in [3.05, 3.63) is 71.8 Å². The lowest BCUT2D eigenvalue weighted by Gasteiger charge is -2.25. The van der Waals surface area contributed by atoms with Gasteiger partial charge in [0.15, 0.2) is 6.29 Å². The summed E-state index contributed by atoms with van der Waals surface area (Å²) in [5.74, 6) is 0. The normalized spacial score (nSPS) is 26.7. The van der Waals surface area contributed by atoms with E-state index in [-0.39, 0.29) is 13.2 Å². The predicted octanol–water partition coefficient (Wildman–Crippen LogP) is 1.23. The number of ether oxygens (including phenoxy) is 3. The average molecular weight is 360 g/mol. The molecular weight excluding hydrogens is 336 g/mol. The van der Waals surface area contributed by atoms with Crippen molar-refractivity contribution in [1.29, 1.82) is 0 Å². The van der Waals surface area contributed by atoms with Crippen molar-refractivity contribution in [2.24, 2.45) is 0 Å². The van der Waals surface area contributed by atoms with Gasteiger partial charge in [-0.15, -0.1) is 0 Å². The van der Waals surface area contributed by atoms with E-state index >= 15 is 0 Å². The molecule has 1 fully saturated rings. The Morgan fingerprint density at radius 2 is 1.35 bits per heavy atom. The zero-order chi connectivity index (χ0) is 18.4. The molecule has 0 spiro atoms. The minimum atomic E-state index is -1.24. The molecule has 2 aromatic rings. The Balaban J connectivity index is 1.69. The predicted molar refractivity (Wildman–Crippen MR) is 94.0 cm³/mol. The largest absolute Gasteiger partial charge is 0.394 e. The monoisotopic (exact) mass is 360 g/mol. The van der Waals surface area contributed by atoms with Crippen LogP contribution in [-0.4, -0.2) is 52.6 Å². The summed E-state index contributed by atoms with van der Waals surface area (Å²) in [6, 6.07) is 19.1. The number of aliphatic hydroxyl groups excluding tert-OH is 3. The second kappa shape index (κ2) is 9.23. The maximum absolute atomic E-state index is 10.2. The van der Waals surface area contributed by atoms with E-state index in [0.717, 1.165) is 11.1 Å². The molecule has 5 atom stereocenters. The fraction of sp³-hybridized carbons (Fsp3) is 0.400. The van der Waals surface area contributed by atoms with Gasteiger partial charge in [-0.1, -0.05) is 60.7 Å². The van der Waals surface area contributed by atoms with Crippen molar-refractivity contribution < 1.29 is 29.5 Å². The highest BCUT2D eigenvalue weighted by molar-refractivity contribution is 5.14. The Bertz CT molecular complexity index is 650. The zero-order valence-corrected chi connectivity index (χ0v) is 14.3. The Kier molecular flexibility index (Phi) is 6.73. The van der Waals surface area contributed by atoms with Gasteiger partial charge in [0.05, 0.1) is 19.8 Å². The van der Waals surface area contributed by atoms with Crippen LogP contribution in [0.15, 0.2) is 60.7 Å². The molecule has 0 saturated carbocycles. The summed E-state index contributed by atoms with van der Waals surface area (Å²) >= 11 is 0. The van der Waals surface area contributed by atoms with Gasteiger partial charge < -0.3 is 29.5 Å². The van der Waals surface area contributed by atoms with Crippen molar-refractivity contribution in [3.8, 4) is 0 Å². The fourth-order valence-electron chi connectivity index (χ4n) is 2.98. The van der Waals surface area contributed by atoms with Gasteiger partial charge in [0, 0.05) is 0 Å². The van der Waals surface area contributed by atoms with Crippen LogP contribution in [0.5, 0.6) is 0 Å². The first kappa shape index (κ1) is 19.0. The van der Waals surface area contributed by atoms with Crippen LogP contribution in [0.3, 0.4) is 0 Å². The molecule has 140 valence electrons. The van der Waals surface area contributed by atoms with Crippen LogP contribution in [0.2, 0.25) is 0 Å². The van der Waals surface area contributed by atoms with Gasteiger partial charge in [0.25, 0.3) is 0 Å². The van der Waals surface area contributed by atoms with Crippen LogP contribution in [0.4, 0.5) is 0 Å². The molecule has 0 aromatic heterocycles. The van der Waals surface area contributed by atoms with E-state index < -0.39 is 37.3 Å². The van der Waals surface area contributed by atoms with E-state index in [1.54, 1.807) is 0 Å². The second-order valence-corrected chi connectivity index (χ2v) is 6.26. The summed E-state index contributed by atoms with van der Waals surface area (Å²) in [6.45, 7) is 0.0640.